The summed E-state index contributed by atoms with van der Waals surface area (Å²) in [5.41, 5.74) is 2.52. The zero-order chi connectivity index (χ0) is 18.8. The molecule has 2 rings (SSSR count). The third kappa shape index (κ3) is 6.56. The molecule has 144 valence electrons. The monoisotopic (exact) mass is 376 g/mol. The molecule has 0 unspecified atom stereocenters. The van der Waals surface area contributed by atoms with E-state index in [0.29, 0.717) is 6.54 Å². The maximum absolute atomic E-state index is 11.8. The van der Waals surface area contributed by atoms with Crippen molar-refractivity contribution in [3.8, 4) is 0 Å². The van der Waals surface area contributed by atoms with Gasteiger partial charge in [-0.25, -0.2) is 4.99 Å². The van der Waals surface area contributed by atoms with Crippen molar-refractivity contribution >= 4 is 23.6 Å². The van der Waals surface area contributed by atoms with Gasteiger partial charge in [0, 0.05) is 30.4 Å². The standard InChI is InChI=1S/C20H32N4OS/c1-4-21-20(23-12-6-11-22-19(25)16-7-5-8-16)24-14-17-10-9-15(2)13-18(17)26-3/h9-10,13,16H,4-8,11-12,14H2,1-3H3,(H,22,25)(H2,21,23,24). The van der Waals surface area contributed by atoms with Gasteiger partial charge in [0.05, 0.1) is 6.54 Å². The van der Waals surface area contributed by atoms with Gasteiger partial charge < -0.3 is 16.0 Å². The van der Waals surface area contributed by atoms with E-state index in [-0.39, 0.29) is 11.8 Å². The first kappa shape index (κ1) is 20.6. The lowest BCUT2D eigenvalue weighted by Gasteiger charge is -2.24. The van der Waals surface area contributed by atoms with E-state index in [2.05, 4.69) is 54.3 Å². The first-order chi connectivity index (χ1) is 12.6. The van der Waals surface area contributed by atoms with Gasteiger partial charge in [-0.05, 0) is 56.6 Å². The first-order valence-electron chi connectivity index (χ1n) is 9.57. The maximum Gasteiger partial charge on any atom is 0.223 e. The van der Waals surface area contributed by atoms with E-state index in [0.717, 1.165) is 44.9 Å². The zero-order valence-corrected chi connectivity index (χ0v) is 17.0. The first-order valence-corrected chi connectivity index (χ1v) is 10.8. The third-order valence-corrected chi connectivity index (χ3v) is 5.44. The van der Waals surface area contributed by atoms with Crippen LogP contribution in [0.5, 0.6) is 0 Å². The van der Waals surface area contributed by atoms with E-state index < -0.39 is 0 Å². The number of aliphatic imine (C=N–C) groups is 1. The molecule has 0 radical (unpaired) electrons. The number of thioether (sulfide) groups is 1. The summed E-state index contributed by atoms with van der Waals surface area (Å²) in [5, 5.41) is 9.66. The van der Waals surface area contributed by atoms with Gasteiger partial charge in [-0.1, -0.05) is 18.6 Å². The molecule has 0 atom stereocenters. The second kappa shape index (κ2) is 11.1. The normalized spacial score (nSPS) is 14.7. The molecule has 5 nitrogen and oxygen atoms in total. The minimum atomic E-state index is 0.223. The minimum Gasteiger partial charge on any atom is -0.357 e. The lowest BCUT2D eigenvalue weighted by Crippen LogP contribution is -2.39. The Bertz CT molecular complexity index is 614. The zero-order valence-electron chi connectivity index (χ0n) is 16.2. The predicted molar refractivity (Wildman–Crippen MR) is 111 cm³/mol. The Kier molecular flexibility index (Phi) is 8.81. The Morgan fingerprint density at radius 1 is 1.23 bits per heavy atom. The van der Waals surface area contributed by atoms with Gasteiger partial charge in [0.2, 0.25) is 5.91 Å². The topological polar surface area (TPSA) is 65.5 Å². The van der Waals surface area contributed by atoms with Gasteiger partial charge in [-0.2, -0.15) is 0 Å². The molecule has 26 heavy (non-hydrogen) atoms. The summed E-state index contributed by atoms with van der Waals surface area (Å²) in [6, 6.07) is 6.50. The second-order valence-corrected chi connectivity index (χ2v) is 7.56. The molecule has 3 N–H and O–H groups in total. The highest BCUT2D eigenvalue weighted by molar-refractivity contribution is 7.98. The molecule has 1 aromatic carbocycles. The number of aryl methyl sites for hydroxylation is 1. The summed E-state index contributed by atoms with van der Waals surface area (Å²) < 4.78 is 0. The Morgan fingerprint density at radius 3 is 2.65 bits per heavy atom. The van der Waals surface area contributed by atoms with Crippen LogP contribution in [-0.2, 0) is 11.3 Å². The van der Waals surface area contributed by atoms with Crippen molar-refractivity contribution in [2.24, 2.45) is 10.9 Å². The molecule has 1 aliphatic carbocycles. The van der Waals surface area contributed by atoms with Crippen LogP contribution >= 0.6 is 11.8 Å². The van der Waals surface area contributed by atoms with Crippen LogP contribution < -0.4 is 16.0 Å². The predicted octanol–water partition coefficient (Wildman–Crippen LogP) is 3.08. The summed E-state index contributed by atoms with van der Waals surface area (Å²) >= 11 is 1.76. The summed E-state index contributed by atoms with van der Waals surface area (Å²) in [5.74, 6) is 1.31. The van der Waals surface area contributed by atoms with Gasteiger partial charge in [0.25, 0.3) is 0 Å². The Hall–Kier alpha value is -1.69. The number of benzene rings is 1. The van der Waals surface area contributed by atoms with Crippen LogP contribution in [0.3, 0.4) is 0 Å². The van der Waals surface area contributed by atoms with Gasteiger partial charge in [0.1, 0.15) is 0 Å². The van der Waals surface area contributed by atoms with Gasteiger partial charge >= 0.3 is 0 Å². The summed E-state index contributed by atoms with van der Waals surface area (Å²) in [6.07, 6.45) is 6.30. The van der Waals surface area contributed by atoms with E-state index in [9.17, 15) is 4.79 Å². The van der Waals surface area contributed by atoms with Crippen molar-refractivity contribution < 1.29 is 4.79 Å². The fourth-order valence-corrected chi connectivity index (χ4v) is 3.51. The SMILES string of the molecule is CCNC(=NCc1ccc(C)cc1SC)NCCCNC(=O)C1CCC1. The fourth-order valence-electron chi connectivity index (χ4n) is 2.81. The second-order valence-electron chi connectivity index (χ2n) is 6.71. The largest absolute Gasteiger partial charge is 0.357 e. The molecule has 0 spiro atoms. The van der Waals surface area contributed by atoms with Crippen molar-refractivity contribution in [3.05, 3.63) is 29.3 Å². The van der Waals surface area contributed by atoms with Crippen LogP contribution in [0.1, 0.15) is 43.7 Å². The minimum absolute atomic E-state index is 0.223. The lowest BCUT2D eigenvalue weighted by molar-refractivity contribution is -0.127. The van der Waals surface area contributed by atoms with Crippen LogP contribution in [-0.4, -0.2) is 37.8 Å². The molecule has 0 saturated heterocycles. The number of nitrogens with one attached hydrogen (secondary N) is 3. The molecule has 1 aliphatic rings. The molecule has 1 saturated carbocycles. The van der Waals surface area contributed by atoms with Crippen LogP contribution in [0.4, 0.5) is 0 Å². The highest BCUT2D eigenvalue weighted by Gasteiger charge is 2.24. The van der Waals surface area contributed by atoms with E-state index in [1.54, 1.807) is 11.8 Å². The molecular formula is C20H32N4OS. The van der Waals surface area contributed by atoms with Crippen molar-refractivity contribution in [2.45, 2.75) is 51.0 Å². The molecule has 1 fully saturated rings. The maximum atomic E-state index is 11.8. The molecule has 0 bridgehead atoms. The van der Waals surface area contributed by atoms with Crippen molar-refractivity contribution in [1.82, 2.24) is 16.0 Å². The smallest absolute Gasteiger partial charge is 0.223 e. The number of rotatable bonds is 9. The summed E-state index contributed by atoms with van der Waals surface area (Å²) in [4.78, 5) is 17.8. The molecule has 0 aliphatic heterocycles. The molecule has 1 aromatic rings. The molecule has 6 heteroatoms. The lowest BCUT2D eigenvalue weighted by atomic mass is 9.85. The molecule has 0 heterocycles. The quantitative estimate of drug-likeness (QED) is 0.268. The number of hydrogen-bond donors (Lipinski definition) is 3. The van der Waals surface area contributed by atoms with Crippen LogP contribution in [0.25, 0.3) is 0 Å². The van der Waals surface area contributed by atoms with Crippen molar-refractivity contribution in [2.75, 3.05) is 25.9 Å². The van der Waals surface area contributed by atoms with Crippen LogP contribution in [0.2, 0.25) is 0 Å². The number of guanidine groups is 1. The summed E-state index contributed by atoms with van der Waals surface area (Å²) in [7, 11) is 0. The van der Waals surface area contributed by atoms with Gasteiger partial charge in [-0.15, -0.1) is 11.8 Å². The Labute approximate surface area is 161 Å². The average Bonchev–Trinajstić information content (AvgIpc) is 2.58. The third-order valence-electron chi connectivity index (χ3n) is 4.62. The van der Waals surface area contributed by atoms with Crippen molar-refractivity contribution in [1.29, 1.82) is 0 Å². The van der Waals surface area contributed by atoms with Crippen LogP contribution in [0, 0.1) is 12.8 Å². The molecule has 1 amide bonds. The fraction of sp³-hybridized carbons (Fsp3) is 0.600. The number of carbonyl (C=O) groups excluding carboxylic acids is 1. The average molecular weight is 377 g/mol. The van der Waals surface area contributed by atoms with Gasteiger partial charge in [-0.3, -0.25) is 4.79 Å². The van der Waals surface area contributed by atoms with Crippen molar-refractivity contribution in [3.63, 3.8) is 0 Å². The molecule has 0 aromatic heterocycles. The van der Waals surface area contributed by atoms with E-state index in [4.69, 9.17) is 4.99 Å². The number of hydrogen-bond acceptors (Lipinski definition) is 3. The highest BCUT2D eigenvalue weighted by atomic mass is 32.2. The van der Waals surface area contributed by atoms with Crippen LogP contribution in [0.15, 0.2) is 28.1 Å². The van der Waals surface area contributed by atoms with E-state index in [1.165, 1.54) is 22.4 Å². The van der Waals surface area contributed by atoms with Gasteiger partial charge in [0.15, 0.2) is 5.96 Å². The summed E-state index contributed by atoms with van der Waals surface area (Å²) in [6.45, 7) is 7.17. The number of nitrogens with zero attached hydrogens (tertiary/aromatic N) is 1. The number of amides is 1. The number of carbonyl (C=O) groups is 1. The van der Waals surface area contributed by atoms with E-state index in [1.807, 2.05) is 0 Å². The Balaban J connectivity index is 1.76. The highest BCUT2D eigenvalue weighted by Crippen LogP contribution is 2.26. The molecular weight excluding hydrogens is 344 g/mol. The van der Waals surface area contributed by atoms with E-state index >= 15 is 0 Å². The Morgan fingerprint density at radius 2 is 2.00 bits per heavy atom.